The second kappa shape index (κ2) is 6.21. The van der Waals surface area contributed by atoms with Gasteiger partial charge in [0, 0.05) is 19.2 Å². The highest BCUT2D eigenvalue weighted by Gasteiger charge is 2.23. The van der Waals surface area contributed by atoms with Crippen molar-refractivity contribution in [2.45, 2.75) is 13.8 Å². The van der Waals surface area contributed by atoms with E-state index in [2.05, 4.69) is 5.32 Å². The lowest BCUT2D eigenvalue weighted by Gasteiger charge is -2.18. The van der Waals surface area contributed by atoms with E-state index >= 15 is 0 Å². The molecular formula is C15H16N2O4. The van der Waals surface area contributed by atoms with Crippen molar-refractivity contribution in [2.24, 2.45) is 0 Å². The molecule has 0 aliphatic heterocycles. The highest BCUT2D eigenvalue weighted by Crippen LogP contribution is 2.13. The van der Waals surface area contributed by atoms with Crippen LogP contribution in [0.5, 0.6) is 0 Å². The molecule has 6 heteroatoms. The molecule has 1 heterocycles. The highest BCUT2D eigenvalue weighted by atomic mass is 16.3. The molecule has 110 valence electrons. The number of carbonyl (C=O) groups is 2. The Morgan fingerprint density at radius 1 is 1.24 bits per heavy atom. The van der Waals surface area contributed by atoms with Crippen molar-refractivity contribution >= 4 is 22.9 Å². The smallest absolute Gasteiger partial charge is 0.324 e. The van der Waals surface area contributed by atoms with E-state index < -0.39 is 11.9 Å². The van der Waals surface area contributed by atoms with Gasteiger partial charge in [0.15, 0.2) is 11.2 Å². The van der Waals surface area contributed by atoms with Crippen molar-refractivity contribution in [1.29, 1.82) is 0 Å². The van der Waals surface area contributed by atoms with Crippen molar-refractivity contribution in [3.05, 3.63) is 46.3 Å². The van der Waals surface area contributed by atoms with Crippen LogP contribution in [0.25, 0.3) is 11.0 Å². The summed E-state index contributed by atoms with van der Waals surface area (Å²) in [5.41, 5.74) is 0.00690. The molecular weight excluding hydrogens is 272 g/mol. The molecule has 3 amide bonds. The van der Waals surface area contributed by atoms with Gasteiger partial charge in [0.1, 0.15) is 5.58 Å². The Morgan fingerprint density at radius 3 is 2.62 bits per heavy atom. The van der Waals surface area contributed by atoms with E-state index in [4.69, 9.17) is 4.42 Å². The molecule has 0 aliphatic carbocycles. The molecule has 2 rings (SSSR count). The van der Waals surface area contributed by atoms with Crippen LogP contribution in [0, 0.1) is 0 Å². The predicted octanol–water partition coefficient (Wildman–Crippen LogP) is 1.98. The zero-order valence-corrected chi connectivity index (χ0v) is 11.9. The minimum absolute atomic E-state index is 0.146. The zero-order chi connectivity index (χ0) is 15.4. The van der Waals surface area contributed by atoms with Gasteiger partial charge in [-0.3, -0.25) is 14.5 Å². The van der Waals surface area contributed by atoms with Crippen LogP contribution in [0.4, 0.5) is 4.79 Å². The van der Waals surface area contributed by atoms with Crippen LogP contribution in [0.3, 0.4) is 0 Å². The van der Waals surface area contributed by atoms with Gasteiger partial charge in [-0.05, 0) is 26.0 Å². The van der Waals surface area contributed by atoms with Gasteiger partial charge in [-0.25, -0.2) is 4.79 Å². The van der Waals surface area contributed by atoms with E-state index in [1.54, 1.807) is 38.1 Å². The molecule has 0 spiro atoms. The van der Waals surface area contributed by atoms with E-state index in [0.717, 1.165) is 11.0 Å². The number of rotatable bonds is 3. The van der Waals surface area contributed by atoms with E-state index in [0.29, 0.717) is 17.5 Å². The normalized spacial score (nSPS) is 10.4. The molecule has 1 N–H and O–H groups in total. The summed E-state index contributed by atoms with van der Waals surface area (Å²) in [5.74, 6) is -0.780. The third kappa shape index (κ3) is 2.94. The fourth-order valence-electron chi connectivity index (χ4n) is 1.97. The van der Waals surface area contributed by atoms with Gasteiger partial charge in [-0.1, -0.05) is 12.1 Å². The second-order valence-corrected chi connectivity index (χ2v) is 4.36. The molecule has 0 radical (unpaired) electrons. The Morgan fingerprint density at radius 2 is 1.95 bits per heavy atom. The summed E-state index contributed by atoms with van der Waals surface area (Å²) in [7, 11) is 0. The van der Waals surface area contributed by atoms with Crippen molar-refractivity contribution in [3.8, 4) is 0 Å². The SMILES string of the molecule is CCNC(=O)N(CC)C(=O)c1cc(=O)c2ccccc2o1. The molecule has 0 fully saturated rings. The molecule has 2 aromatic rings. The lowest BCUT2D eigenvalue weighted by molar-refractivity contribution is 0.0778. The van der Waals surface area contributed by atoms with Gasteiger partial charge >= 0.3 is 6.03 Å². The van der Waals surface area contributed by atoms with Gasteiger partial charge in [0.2, 0.25) is 0 Å². The van der Waals surface area contributed by atoms with Crippen LogP contribution >= 0.6 is 0 Å². The van der Waals surface area contributed by atoms with Crippen molar-refractivity contribution in [1.82, 2.24) is 10.2 Å². The maximum absolute atomic E-state index is 12.3. The summed E-state index contributed by atoms with van der Waals surface area (Å²) in [6.07, 6.45) is 0. The fourth-order valence-corrected chi connectivity index (χ4v) is 1.97. The Kier molecular flexibility index (Phi) is 4.37. The average Bonchev–Trinajstić information content (AvgIpc) is 2.48. The first-order chi connectivity index (χ1) is 10.1. The number of imide groups is 1. The standard InChI is InChI=1S/C15H16N2O4/c1-3-16-15(20)17(4-2)14(19)13-9-11(18)10-7-5-6-8-12(10)21-13/h5-9H,3-4H2,1-2H3,(H,16,20). The molecule has 0 saturated carbocycles. The Bertz CT molecular complexity index is 736. The summed E-state index contributed by atoms with van der Waals surface area (Å²) in [4.78, 5) is 37.1. The maximum atomic E-state index is 12.3. The van der Waals surface area contributed by atoms with Crippen molar-refractivity contribution < 1.29 is 14.0 Å². The number of hydrogen-bond donors (Lipinski definition) is 1. The molecule has 0 saturated heterocycles. The molecule has 0 atom stereocenters. The van der Waals surface area contributed by atoms with Crippen LogP contribution in [-0.2, 0) is 0 Å². The zero-order valence-electron chi connectivity index (χ0n) is 11.9. The minimum atomic E-state index is -0.633. The Labute approximate surface area is 121 Å². The first-order valence-corrected chi connectivity index (χ1v) is 6.71. The summed E-state index contributed by atoms with van der Waals surface area (Å²) in [5, 5.41) is 2.94. The number of nitrogens with zero attached hydrogens (tertiary/aromatic N) is 1. The number of hydrogen-bond acceptors (Lipinski definition) is 4. The molecule has 21 heavy (non-hydrogen) atoms. The molecule has 0 aliphatic rings. The number of nitrogens with one attached hydrogen (secondary N) is 1. The third-order valence-electron chi connectivity index (χ3n) is 2.98. The number of urea groups is 1. The maximum Gasteiger partial charge on any atom is 0.324 e. The largest absolute Gasteiger partial charge is 0.451 e. The summed E-state index contributed by atoms with van der Waals surface area (Å²) >= 11 is 0. The van der Waals surface area contributed by atoms with E-state index in [-0.39, 0.29) is 17.7 Å². The van der Waals surface area contributed by atoms with E-state index in [1.165, 1.54) is 0 Å². The topological polar surface area (TPSA) is 79.6 Å². The molecule has 0 bridgehead atoms. The Hall–Kier alpha value is -2.63. The van der Waals surface area contributed by atoms with Crippen LogP contribution in [0.2, 0.25) is 0 Å². The predicted molar refractivity (Wildman–Crippen MR) is 78.3 cm³/mol. The fraction of sp³-hybridized carbons (Fsp3) is 0.267. The second-order valence-electron chi connectivity index (χ2n) is 4.36. The van der Waals surface area contributed by atoms with Gasteiger partial charge in [-0.15, -0.1) is 0 Å². The van der Waals surface area contributed by atoms with Crippen LogP contribution in [0.15, 0.2) is 39.5 Å². The third-order valence-corrected chi connectivity index (χ3v) is 2.98. The summed E-state index contributed by atoms with van der Waals surface area (Å²) < 4.78 is 5.44. The van der Waals surface area contributed by atoms with Gasteiger partial charge in [0.25, 0.3) is 5.91 Å². The van der Waals surface area contributed by atoms with Crippen LogP contribution in [-0.4, -0.2) is 29.9 Å². The van der Waals surface area contributed by atoms with Crippen molar-refractivity contribution in [3.63, 3.8) is 0 Å². The first kappa shape index (κ1) is 14.8. The minimum Gasteiger partial charge on any atom is -0.451 e. The number of fused-ring (bicyclic) bond motifs is 1. The van der Waals surface area contributed by atoms with Gasteiger partial charge in [-0.2, -0.15) is 0 Å². The van der Waals surface area contributed by atoms with Crippen molar-refractivity contribution in [2.75, 3.05) is 13.1 Å². The number of para-hydroxylation sites is 1. The van der Waals surface area contributed by atoms with Gasteiger partial charge < -0.3 is 9.73 Å². The van der Waals surface area contributed by atoms with E-state index in [9.17, 15) is 14.4 Å². The summed E-state index contributed by atoms with van der Waals surface area (Å²) in [6, 6.07) is 7.26. The van der Waals surface area contributed by atoms with Crippen LogP contribution < -0.4 is 10.7 Å². The monoisotopic (exact) mass is 288 g/mol. The quantitative estimate of drug-likeness (QED) is 0.936. The number of benzene rings is 1. The molecule has 1 aromatic heterocycles. The van der Waals surface area contributed by atoms with Crippen LogP contribution in [0.1, 0.15) is 24.4 Å². The molecule has 6 nitrogen and oxygen atoms in total. The Balaban J connectivity index is 2.43. The first-order valence-electron chi connectivity index (χ1n) is 6.71. The number of amides is 3. The van der Waals surface area contributed by atoms with E-state index in [1.807, 2.05) is 0 Å². The lowest BCUT2D eigenvalue weighted by Crippen LogP contribution is -2.43. The number of carbonyl (C=O) groups excluding carboxylic acids is 2. The highest BCUT2D eigenvalue weighted by molar-refractivity contribution is 6.03. The lowest BCUT2D eigenvalue weighted by atomic mass is 10.2. The summed E-state index contributed by atoms with van der Waals surface area (Å²) in [6.45, 7) is 4.02. The average molecular weight is 288 g/mol. The van der Waals surface area contributed by atoms with Gasteiger partial charge in [0.05, 0.1) is 5.39 Å². The molecule has 0 unspecified atom stereocenters. The molecule has 1 aromatic carbocycles.